The third kappa shape index (κ3) is 8.19. The van der Waals surface area contributed by atoms with Crippen molar-refractivity contribution >= 4 is 69.0 Å². The Kier molecular flexibility index (Phi) is 10.5. The molecule has 0 atom stereocenters. The first kappa shape index (κ1) is 30.7. The minimum absolute atomic E-state index is 0.0827. The first-order valence-electron chi connectivity index (χ1n) is 12.4. The molecule has 0 radical (unpaired) electrons. The summed E-state index contributed by atoms with van der Waals surface area (Å²) in [6.07, 6.45) is 0. The summed E-state index contributed by atoms with van der Waals surface area (Å²) in [5, 5.41) is 70.9. The molecule has 0 amide bonds. The van der Waals surface area contributed by atoms with Crippen molar-refractivity contribution in [3.05, 3.63) is 97.1 Å². The maximum Gasteiger partial charge on any atom is 0.152 e. The summed E-state index contributed by atoms with van der Waals surface area (Å²) in [6.45, 7) is 0. The van der Waals surface area contributed by atoms with Gasteiger partial charge < -0.3 is 10.2 Å². The molecule has 0 bridgehead atoms. The molecule has 0 saturated carbocycles. The molecule has 0 aromatic heterocycles. The van der Waals surface area contributed by atoms with Gasteiger partial charge in [0.1, 0.15) is 11.4 Å². The van der Waals surface area contributed by atoms with Crippen LogP contribution in [0.4, 0.5) is 34.1 Å². The van der Waals surface area contributed by atoms with Crippen molar-refractivity contribution in [2.75, 3.05) is 0 Å². The molecule has 0 aliphatic rings. The van der Waals surface area contributed by atoms with E-state index >= 15 is 0 Å². The van der Waals surface area contributed by atoms with Gasteiger partial charge in [0.05, 0.1) is 57.4 Å². The van der Waals surface area contributed by atoms with Crippen LogP contribution in [0.2, 0.25) is 0 Å². The van der Waals surface area contributed by atoms with Gasteiger partial charge in [0.25, 0.3) is 0 Å². The Hall–Kier alpha value is -4.78. The topological polar surface area (TPSA) is 192 Å². The van der Waals surface area contributed by atoms with Crippen molar-refractivity contribution in [2.45, 2.75) is 9.79 Å². The zero-order chi connectivity index (χ0) is 30.7. The van der Waals surface area contributed by atoms with Crippen molar-refractivity contribution < 1.29 is 39.5 Å². The molecule has 16 heteroatoms. The number of phenolic OH excluding ortho intramolecular Hbond substituents is 2. The quantitative estimate of drug-likeness (QED) is 0.0445. The third-order valence-electron chi connectivity index (χ3n) is 5.71. The highest BCUT2D eigenvalue weighted by molar-refractivity contribution is 7.94. The van der Waals surface area contributed by atoms with Crippen LogP contribution < -0.4 is 0 Å². The van der Waals surface area contributed by atoms with Gasteiger partial charge in [-0.2, -0.15) is 25.6 Å². The number of hydrogen-bond acceptors (Lipinski definition) is 16. The van der Waals surface area contributed by atoms with Crippen LogP contribution in [0.5, 0.6) is 11.5 Å². The highest BCUT2D eigenvalue weighted by Crippen LogP contribution is 2.45. The van der Waals surface area contributed by atoms with Crippen LogP contribution in [0.1, 0.15) is 0 Å². The number of nitrogens with zero attached hydrogens (tertiary/aromatic N) is 6. The molecular weight excluding hydrogens is 612 g/mol. The van der Waals surface area contributed by atoms with E-state index in [4.69, 9.17) is 10.5 Å². The maximum atomic E-state index is 11.1. The lowest BCUT2D eigenvalue weighted by Gasteiger charge is -2.09. The molecule has 4 N–H and O–H groups in total. The largest absolute Gasteiger partial charge is 0.508 e. The molecule has 44 heavy (non-hydrogen) atoms. The van der Waals surface area contributed by atoms with Crippen LogP contribution in [0.3, 0.4) is 0 Å². The van der Waals surface area contributed by atoms with Gasteiger partial charge in [-0.3, -0.25) is 0 Å². The first-order valence-corrected chi connectivity index (χ1v) is 13.8. The number of hydrogen-bond donors (Lipinski definition) is 4. The molecule has 5 rings (SSSR count). The molecule has 0 aliphatic carbocycles. The fourth-order valence-electron chi connectivity index (χ4n) is 3.68. The number of aromatic hydroxyl groups is 2. The van der Waals surface area contributed by atoms with Crippen LogP contribution in [0.25, 0.3) is 10.8 Å². The van der Waals surface area contributed by atoms with Gasteiger partial charge in [-0.05, 0) is 102 Å². The second kappa shape index (κ2) is 15.1. The molecule has 0 unspecified atom stereocenters. The van der Waals surface area contributed by atoms with E-state index in [9.17, 15) is 10.2 Å². The molecule has 5 aromatic rings. The normalized spacial score (nSPS) is 11.9. The van der Waals surface area contributed by atoms with Crippen molar-refractivity contribution in [1.29, 1.82) is 0 Å². The Morgan fingerprint density at radius 2 is 0.977 bits per heavy atom. The zero-order valence-corrected chi connectivity index (χ0v) is 23.8. The summed E-state index contributed by atoms with van der Waals surface area (Å²) in [5.74, 6) is -0.0548. The minimum atomic E-state index is -0.178. The molecule has 0 heterocycles. The van der Waals surface area contributed by atoms with Gasteiger partial charge in [-0.15, -0.1) is 13.8 Å². The van der Waals surface area contributed by atoms with E-state index in [2.05, 4.69) is 49.4 Å². The van der Waals surface area contributed by atoms with Crippen LogP contribution in [-0.2, 0) is 18.7 Å². The van der Waals surface area contributed by atoms with E-state index in [-0.39, 0.29) is 17.2 Å². The van der Waals surface area contributed by atoms with Crippen molar-refractivity contribution in [2.24, 2.45) is 30.7 Å². The van der Waals surface area contributed by atoms with Gasteiger partial charge in [0, 0.05) is 10.3 Å². The second-order valence-corrected chi connectivity index (χ2v) is 10.1. The molecule has 0 spiro atoms. The standard InChI is InChI=1S/C28H20N6O8S2/c35-23-10-5-20(6-11-23)31-33-22-9-14-25-17(15-22)16-26(44-42-40-38)27(28(25)36)34-32-19-3-1-18(2-4-19)29-30-21-7-12-24(13-8-21)43-41-39-37/h1-16,35-38H. The number of phenols is 2. The van der Waals surface area contributed by atoms with Crippen molar-refractivity contribution in [3.8, 4) is 11.5 Å². The maximum absolute atomic E-state index is 11.1. The lowest BCUT2D eigenvalue weighted by atomic mass is 10.1. The van der Waals surface area contributed by atoms with Gasteiger partial charge in [-0.1, -0.05) is 10.1 Å². The Morgan fingerprint density at radius 1 is 0.500 bits per heavy atom. The van der Waals surface area contributed by atoms with Crippen LogP contribution >= 0.6 is 24.1 Å². The molecule has 14 nitrogen and oxygen atoms in total. The van der Waals surface area contributed by atoms with Gasteiger partial charge >= 0.3 is 0 Å². The molecule has 0 fully saturated rings. The molecule has 0 saturated heterocycles. The van der Waals surface area contributed by atoms with Crippen LogP contribution in [0, 0.1) is 0 Å². The Balaban J connectivity index is 1.33. The Labute approximate surface area is 257 Å². The van der Waals surface area contributed by atoms with Gasteiger partial charge in [0.2, 0.25) is 0 Å². The number of azo groups is 3. The predicted octanol–water partition coefficient (Wildman–Crippen LogP) is 10.4. The first-order chi connectivity index (χ1) is 21.5. The average molecular weight is 633 g/mol. The summed E-state index contributed by atoms with van der Waals surface area (Å²) < 4.78 is 8.99. The number of rotatable bonds is 12. The van der Waals surface area contributed by atoms with Crippen LogP contribution in [-0.4, -0.2) is 20.7 Å². The predicted molar refractivity (Wildman–Crippen MR) is 160 cm³/mol. The third-order valence-corrected chi connectivity index (χ3v) is 6.93. The lowest BCUT2D eigenvalue weighted by molar-refractivity contribution is -0.432. The smallest absolute Gasteiger partial charge is 0.152 e. The van der Waals surface area contributed by atoms with Gasteiger partial charge in [-0.25, -0.2) is 10.5 Å². The minimum Gasteiger partial charge on any atom is -0.508 e. The summed E-state index contributed by atoms with van der Waals surface area (Å²) in [6, 6.07) is 26.6. The molecule has 0 aliphatic heterocycles. The van der Waals surface area contributed by atoms with E-state index in [1.165, 1.54) is 12.1 Å². The fourth-order valence-corrected chi connectivity index (χ4v) is 4.53. The van der Waals surface area contributed by atoms with Gasteiger partial charge in [0.15, 0.2) is 5.75 Å². The van der Waals surface area contributed by atoms with Crippen molar-refractivity contribution in [1.82, 2.24) is 0 Å². The summed E-state index contributed by atoms with van der Waals surface area (Å²) in [4.78, 5) is 0.992. The van der Waals surface area contributed by atoms with E-state index in [1.807, 2.05) is 0 Å². The second-order valence-electron chi connectivity index (χ2n) is 8.56. The SMILES string of the molecule is OOOSc1ccc(N=Nc2ccc(N=Nc3c(SOOO)cc4cc(N=Nc5ccc(O)cc5)ccc4c3O)cc2)cc1. The van der Waals surface area contributed by atoms with Crippen molar-refractivity contribution in [3.63, 3.8) is 0 Å². The van der Waals surface area contributed by atoms with E-state index in [0.29, 0.717) is 61.0 Å². The fraction of sp³-hybridized carbons (Fsp3) is 0. The Morgan fingerprint density at radius 3 is 1.57 bits per heavy atom. The highest BCUT2D eigenvalue weighted by Gasteiger charge is 2.15. The lowest BCUT2D eigenvalue weighted by Crippen LogP contribution is -1.83. The van der Waals surface area contributed by atoms with E-state index in [1.54, 1.807) is 84.9 Å². The summed E-state index contributed by atoms with van der Waals surface area (Å²) >= 11 is 1.46. The highest BCUT2D eigenvalue weighted by atomic mass is 32.2. The monoisotopic (exact) mass is 632 g/mol. The molecule has 222 valence electrons. The summed E-state index contributed by atoms with van der Waals surface area (Å²) in [7, 11) is 0. The van der Waals surface area contributed by atoms with E-state index < -0.39 is 0 Å². The number of benzene rings is 5. The van der Waals surface area contributed by atoms with Crippen LogP contribution in [0.15, 0.2) is 138 Å². The van der Waals surface area contributed by atoms with E-state index in [0.717, 1.165) is 12.0 Å². The average Bonchev–Trinajstić information content (AvgIpc) is 3.05. The summed E-state index contributed by atoms with van der Waals surface area (Å²) in [5.41, 5.74) is 2.77. The zero-order valence-electron chi connectivity index (χ0n) is 22.2. The number of fused-ring (bicyclic) bond motifs is 1. The Bertz CT molecular complexity index is 1810. The molecular formula is C28H20N6O8S2. The molecule has 5 aromatic carbocycles.